The topological polar surface area (TPSA) is 121 Å². The summed E-state index contributed by atoms with van der Waals surface area (Å²) in [6.07, 6.45) is 0.554. The largest absolute Gasteiger partial charge is 0.326 e. The molecule has 168 valence electrons. The van der Waals surface area contributed by atoms with E-state index in [2.05, 4.69) is 14.8 Å². The zero-order chi connectivity index (χ0) is 23.2. The van der Waals surface area contributed by atoms with Crippen LogP contribution in [-0.2, 0) is 31.3 Å². The Morgan fingerprint density at radius 3 is 1.81 bits per heavy atom. The quantitative estimate of drug-likeness (QED) is 0.441. The molecule has 0 heterocycles. The first kappa shape index (κ1) is 23.5. The van der Waals surface area contributed by atoms with Gasteiger partial charge in [0.05, 0.1) is 9.79 Å². The molecule has 0 aliphatic heterocycles. The van der Waals surface area contributed by atoms with Gasteiger partial charge in [-0.15, -0.1) is 0 Å². The van der Waals surface area contributed by atoms with E-state index in [1.165, 1.54) is 55.5 Å². The van der Waals surface area contributed by atoms with Crippen LogP contribution in [0, 0.1) is 0 Å². The van der Waals surface area contributed by atoms with Gasteiger partial charge < -0.3 is 5.32 Å². The minimum atomic E-state index is -3.88. The van der Waals surface area contributed by atoms with Gasteiger partial charge in [0.2, 0.25) is 15.9 Å². The van der Waals surface area contributed by atoms with Gasteiger partial charge in [-0.2, -0.15) is 0 Å². The normalized spacial score (nSPS) is 11.7. The van der Waals surface area contributed by atoms with E-state index < -0.39 is 20.0 Å². The molecule has 32 heavy (non-hydrogen) atoms. The molecule has 0 aromatic heterocycles. The minimum absolute atomic E-state index is 0.00544. The van der Waals surface area contributed by atoms with Crippen LogP contribution in [0.1, 0.15) is 12.5 Å². The molecule has 10 heteroatoms. The molecule has 0 radical (unpaired) electrons. The number of rotatable bonds is 9. The summed E-state index contributed by atoms with van der Waals surface area (Å²) < 4.78 is 55.0. The summed E-state index contributed by atoms with van der Waals surface area (Å²) in [6, 6.07) is 20.6. The van der Waals surface area contributed by atoms with E-state index in [0.29, 0.717) is 12.1 Å². The van der Waals surface area contributed by atoms with Gasteiger partial charge >= 0.3 is 0 Å². The third kappa shape index (κ3) is 6.39. The van der Waals surface area contributed by atoms with Gasteiger partial charge in [-0.05, 0) is 60.5 Å². The number of sulfonamides is 2. The van der Waals surface area contributed by atoms with Crippen molar-refractivity contribution < 1.29 is 21.6 Å². The Kier molecular flexibility index (Phi) is 7.29. The van der Waals surface area contributed by atoms with Crippen molar-refractivity contribution in [3.05, 3.63) is 84.4 Å². The number of carbonyl (C=O) groups excluding carboxylic acids is 1. The zero-order valence-electron chi connectivity index (χ0n) is 17.3. The Labute approximate surface area is 187 Å². The van der Waals surface area contributed by atoms with Gasteiger partial charge in [-0.3, -0.25) is 9.52 Å². The van der Waals surface area contributed by atoms with Crippen LogP contribution < -0.4 is 14.8 Å². The van der Waals surface area contributed by atoms with Crippen LogP contribution in [0.2, 0.25) is 0 Å². The lowest BCUT2D eigenvalue weighted by Crippen LogP contribution is -2.26. The first-order chi connectivity index (χ1) is 15.2. The van der Waals surface area contributed by atoms with Crippen molar-refractivity contribution in [1.29, 1.82) is 0 Å². The SMILES string of the molecule is CC(=O)Nc1ccc(S(=O)(=O)Nc2ccc(S(=O)(=O)NCCc3ccccc3)cc2)cc1. The summed E-state index contributed by atoms with van der Waals surface area (Å²) in [4.78, 5) is 11.1. The summed E-state index contributed by atoms with van der Waals surface area (Å²) >= 11 is 0. The summed E-state index contributed by atoms with van der Waals surface area (Å²) in [5.74, 6) is -0.261. The molecule has 0 spiro atoms. The molecule has 0 aliphatic carbocycles. The monoisotopic (exact) mass is 473 g/mol. The summed E-state index contributed by atoms with van der Waals surface area (Å²) in [5.41, 5.74) is 1.72. The highest BCUT2D eigenvalue weighted by Gasteiger charge is 2.16. The molecule has 0 saturated carbocycles. The van der Waals surface area contributed by atoms with E-state index in [0.717, 1.165) is 5.56 Å². The lowest BCUT2D eigenvalue weighted by Gasteiger charge is -2.11. The van der Waals surface area contributed by atoms with E-state index in [9.17, 15) is 21.6 Å². The first-order valence-corrected chi connectivity index (χ1v) is 12.7. The van der Waals surface area contributed by atoms with Crippen molar-refractivity contribution in [3.8, 4) is 0 Å². The smallest absolute Gasteiger partial charge is 0.261 e. The van der Waals surface area contributed by atoms with Gasteiger partial charge in [0.1, 0.15) is 0 Å². The van der Waals surface area contributed by atoms with Crippen LogP contribution in [0.15, 0.2) is 88.7 Å². The van der Waals surface area contributed by atoms with Crippen LogP contribution in [-0.4, -0.2) is 29.3 Å². The Morgan fingerprint density at radius 2 is 1.25 bits per heavy atom. The molecule has 0 atom stereocenters. The molecule has 8 nitrogen and oxygen atoms in total. The average Bonchev–Trinajstić information content (AvgIpc) is 2.74. The van der Waals surface area contributed by atoms with Crippen LogP contribution in [0.3, 0.4) is 0 Å². The van der Waals surface area contributed by atoms with Gasteiger partial charge in [0.15, 0.2) is 0 Å². The van der Waals surface area contributed by atoms with E-state index >= 15 is 0 Å². The molecule has 3 aromatic rings. The zero-order valence-corrected chi connectivity index (χ0v) is 18.9. The average molecular weight is 474 g/mol. The van der Waals surface area contributed by atoms with Gasteiger partial charge in [-0.1, -0.05) is 30.3 Å². The maximum Gasteiger partial charge on any atom is 0.261 e. The highest BCUT2D eigenvalue weighted by atomic mass is 32.2. The fraction of sp³-hybridized carbons (Fsp3) is 0.136. The molecular formula is C22H23N3O5S2. The molecule has 3 N–H and O–H groups in total. The second kappa shape index (κ2) is 9.94. The molecular weight excluding hydrogens is 450 g/mol. The van der Waals surface area contributed by atoms with E-state index in [1.54, 1.807) is 0 Å². The van der Waals surface area contributed by atoms with Crippen molar-refractivity contribution in [2.75, 3.05) is 16.6 Å². The number of amides is 1. The molecule has 1 amide bonds. The van der Waals surface area contributed by atoms with Gasteiger partial charge in [0.25, 0.3) is 10.0 Å². The Hall–Kier alpha value is -3.21. The molecule has 0 fully saturated rings. The standard InChI is InChI=1S/C22H23N3O5S2/c1-17(26)24-19-7-11-22(12-8-19)32(29,30)25-20-9-13-21(14-10-20)31(27,28)23-16-15-18-5-3-2-4-6-18/h2-14,23,25H,15-16H2,1H3,(H,24,26). The number of hydrogen-bond acceptors (Lipinski definition) is 5. The van der Waals surface area contributed by atoms with Crippen LogP contribution in [0.4, 0.5) is 11.4 Å². The molecule has 0 bridgehead atoms. The Bertz CT molecular complexity index is 1270. The third-order valence-electron chi connectivity index (χ3n) is 4.45. The Morgan fingerprint density at radius 1 is 0.719 bits per heavy atom. The van der Waals surface area contributed by atoms with E-state index in [-0.39, 0.29) is 27.9 Å². The van der Waals surface area contributed by atoms with Crippen LogP contribution in [0.5, 0.6) is 0 Å². The first-order valence-electron chi connectivity index (χ1n) is 9.70. The van der Waals surface area contributed by atoms with Crippen molar-refractivity contribution in [2.45, 2.75) is 23.1 Å². The molecule has 0 saturated heterocycles. The molecule has 0 unspecified atom stereocenters. The summed E-state index contributed by atoms with van der Waals surface area (Å²) in [5, 5.41) is 2.56. The van der Waals surface area contributed by atoms with Crippen molar-refractivity contribution in [2.24, 2.45) is 0 Å². The highest BCUT2D eigenvalue weighted by Crippen LogP contribution is 2.20. The van der Waals surface area contributed by atoms with Crippen molar-refractivity contribution in [3.63, 3.8) is 0 Å². The maximum atomic E-state index is 12.6. The fourth-order valence-corrected chi connectivity index (χ4v) is 4.99. The summed E-state index contributed by atoms with van der Waals surface area (Å²) in [6.45, 7) is 1.60. The maximum absolute atomic E-state index is 12.6. The van der Waals surface area contributed by atoms with Gasteiger partial charge in [-0.25, -0.2) is 21.6 Å². The van der Waals surface area contributed by atoms with Crippen molar-refractivity contribution in [1.82, 2.24) is 4.72 Å². The second-order valence-electron chi connectivity index (χ2n) is 6.97. The molecule has 3 rings (SSSR count). The minimum Gasteiger partial charge on any atom is -0.326 e. The number of hydrogen-bond donors (Lipinski definition) is 3. The number of carbonyl (C=O) groups is 1. The number of anilines is 2. The van der Waals surface area contributed by atoms with Crippen molar-refractivity contribution >= 4 is 37.3 Å². The highest BCUT2D eigenvalue weighted by molar-refractivity contribution is 7.92. The molecule has 0 aliphatic rings. The fourth-order valence-electron chi connectivity index (χ4n) is 2.89. The predicted molar refractivity (Wildman–Crippen MR) is 123 cm³/mol. The molecule has 3 aromatic carbocycles. The Balaban J connectivity index is 1.63. The van der Waals surface area contributed by atoms with Gasteiger partial charge in [0, 0.05) is 24.8 Å². The lowest BCUT2D eigenvalue weighted by molar-refractivity contribution is -0.114. The second-order valence-corrected chi connectivity index (χ2v) is 10.4. The van der Waals surface area contributed by atoms with Crippen LogP contribution in [0.25, 0.3) is 0 Å². The third-order valence-corrected chi connectivity index (χ3v) is 7.32. The van der Waals surface area contributed by atoms with Crippen LogP contribution >= 0.6 is 0 Å². The number of nitrogens with one attached hydrogen (secondary N) is 3. The lowest BCUT2D eigenvalue weighted by atomic mass is 10.2. The van der Waals surface area contributed by atoms with E-state index in [1.807, 2.05) is 30.3 Å². The number of benzene rings is 3. The van der Waals surface area contributed by atoms with E-state index in [4.69, 9.17) is 0 Å². The predicted octanol–water partition coefficient (Wildman–Crippen LogP) is 2.97. The summed E-state index contributed by atoms with van der Waals surface area (Å²) in [7, 11) is -7.60.